The standard InChI is InChI=1S/C14H19N3/c1-4-7-17(3)14-8-10(2)16-13-6-5-11(15)9-12(13)14/h5-6,8-9H,4,7,15H2,1-3H3. The molecule has 2 aromatic rings. The predicted molar refractivity (Wildman–Crippen MR) is 74.5 cm³/mol. The highest BCUT2D eigenvalue weighted by molar-refractivity contribution is 5.93. The molecule has 0 spiro atoms. The summed E-state index contributed by atoms with van der Waals surface area (Å²) in [4.78, 5) is 6.80. The van der Waals surface area contributed by atoms with Gasteiger partial charge in [-0.15, -0.1) is 0 Å². The second-order valence-electron chi connectivity index (χ2n) is 4.48. The van der Waals surface area contributed by atoms with Gasteiger partial charge in [0.2, 0.25) is 0 Å². The molecule has 0 aliphatic rings. The fourth-order valence-electron chi connectivity index (χ4n) is 2.13. The number of aromatic nitrogens is 1. The molecular weight excluding hydrogens is 210 g/mol. The van der Waals surface area contributed by atoms with Crippen molar-refractivity contribution < 1.29 is 0 Å². The van der Waals surface area contributed by atoms with Crippen LogP contribution in [0.5, 0.6) is 0 Å². The summed E-state index contributed by atoms with van der Waals surface area (Å²) in [5.74, 6) is 0. The zero-order chi connectivity index (χ0) is 12.4. The molecule has 1 heterocycles. The molecule has 1 aromatic carbocycles. The topological polar surface area (TPSA) is 42.2 Å². The van der Waals surface area contributed by atoms with Crippen molar-refractivity contribution in [1.82, 2.24) is 4.98 Å². The highest BCUT2D eigenvalue weighted by atomic mass is 15.1. The molecule has 0 aliphatic heterocycles. The molecule has 0 aliphatic carbocycles. The van der Waals surface area contributed by atoms with Gasteiger partial charge in [-0.25, -0.2) is 0 Å². The molecule has 0 fully saturated rings. The van der Waals surface area contributed by atoms with Crippen LogP contribution in [-0.2, 0) is 0 Å². The summed E-state index contributed by atoms with van der Waals surface area (Å²) < 4.78 is 0. The SMILES string of the molecule is CCCN(C)c1cc(C)nc2ccc(N)cc12. The maximum atomic E-state index is 5.86. The van der Waals surface area contributed by atoms with Crippen LogP contribution in [0.2, 0.25) is 0 Å². The van der Waals surface area contributed by atoms with Crippen molar-refractivity contribution in [2.45, 2.75) is 20.3 Å². The number of pyridine rings is 1. The Kier molecular flexibility index (Phi) is 3.18. The summed E-state index contributed by atoms with van der Waals surface area (Å²) in [5.41, 5.74) is 9.91. The molecule has 0 radical (unpaired) electrons. The van der Waals surface area contributed by atoms with Crippen LogP contribution in [0.25, 0.3) is 10.9 Å². The van der Waals surface area contributed by atoms with E-state index in [0.29, 0.717) is 0 Å². The zero-order valence-electron chi connectivity index (χ0n) is 10.7. The van der Waals surface area contributed by atoms with Crippen molar-refractivity contribution in [2.75, 3.05) is 24.2 Å². The number of anilines is 2. The van der Waals surface area contributed by atoms with Gasteiger partial charge in [0.25, 0.3) is 0 Å². The van der Waals surface area contributed by atoms with Crippen LogP contribution in [0.4, 0.5) is 11.4 Å². The lowest BCUT2D eigenvalue weighted by molar-refractivity contribution is 0.854. The van der Waals surface area contributed by atoms with Gasteiger partial charge >= 0.3 is 0 Å². The Hall–Kier alpha value is -1.77. The number of hydrogen-bond donors (Lipinski definition) is 1. The molecule has 0 unspecified atom stereocenters. The normalized spacial score (nSPS) is 10.8. The molecule has 2 rings (SSSR count). The molecule has 17 heavy (non-hydrogen) atoms. The van der Waals surface area contributed by atoms with Crippen LogP contribution in [0.15, 0.2) is 24.3 Å². The maximum absolute atomic E-state index is 5.86. The zero-order valence-corrected chi connectivity index (χ0v) is 10.7. The second kappa shape index (κ2) is 4.62. The van der Waals surface area contributed by atoms with Gasteiger partial charge in [-0.1, -0.05) is 6.92 Å². The Morgan fingerprint density at radius 3 is 2.76 bits per heavy atom. The van der Waals surface area contributed by atoms with Crippen LogP contribution in [-0.4, -0.2) is 18.6 Å². The number of fused-ring (bicyclic) bond motifs is 1. The van der Waals surface area contributed by atoms with Crippen molar-refractivity contribution in [3.63, 3.8) is 0 Å². The maximum Gasteiger partial charge on any atom is 0.0727 e. The van der Waals surface area contributed by atoms with Gasteiger partial charge in [0.05, 0.1) is 5.52 Å². The minimum absolute atomic E-state index is 0.786. The van der Waals surface area contributed by atoms with E-state index in [0.717, 1.165) is 35.2 Å². The van der Waals surface area contributed by atoms with E-state index in [9.17, 15) is 0 Å². The highest BCUT2D eigenvalue weighted by Crippen LogP contribution is 2.27. The van der Waals surface area contributed by atoms with Crippen LogP contribution in [0.1, 0.15) is 19.0 Å². The number of rotatable bonds is 3. The number of nitrogens with zero attached hydrogens (tertiary/aromatic N) is 2. The summed E-state index contributed by atoms with van der Waals surface area (Å²) in [6, 6.07) is 8.01. The number of hydrogen-bond acceptors (Lipinski definition) is 3. The third kappa shape index (κ3) is 2.33. The van der Waals surface area contributed by atoms with Crippen molar-refractivity contribution in [3.05, 3.63) is 30.0 Å². The van der Waals surface area contributed by atoms with E-state index in [2.05, 4.69) is 29.9 Å². The van der Waals surface area contributed by atoms with E-state index in [1.807, 2.05) is 25.1 Å². The van der Waals surface area contributed by atoms with Gasteiger partial charge in [-0.05, 0) is 37.6 Å². The van der Waals surface area contributed by atoms with Crippen molar-refractivity contribution in [3.8, 4) is 0 Å². The largest absolute Gasteiger partial charge is 0.399 e. The Bertz CT molecular complexity index is 534. The first-order valence-corrected chi connectivity index (χ1v) is 6.00. The molecule has 0 amide bonds. The van der Waals surface area contributed by atoms with E-state index in [1.165, 1.54) is 5.69 Å². The molecule has 2 N–H and O–H groups in total. The summed E-state index contributed by atoms with van der Waals surface area (Å²) >= 11 is 0. The van der Waals surface area contributed by atoms with Gasteiger partial charge in [0, 0.05) is 36.0 Å². The second-order valence-corrected chi connectivity index (χ2v) is 4.48. The molecule has 3 nitrogen and oxygen atoms in total. The molecule has 0 atom stereocenters. The molecule has 0 bridgehead atoms. The Balaban J connectivity index is 2.63. The third-order valence-electron chi connectivity index (χ3n) is 2.91. The summed E-state index contributed by atoms with van der Waals surface area (Å²) in [6.45, 7) is 5.24. The van der Waals surface area contributed by atoms with Gasteiger partial charge < -0.3 is 10.6 Å². The fraction of sp³-hybridized carbons (Fsp3) is 0.357. The average molecular weight is 229 g/mol. The van der Waals surface area contributed by atoms with Gasteiger partial charge in [0.1, 0.15) is 0 Å². The summed E-state index contributed by atoms with van der Waals surface area (Å²) in [7, 11) is 2.11. The van der Waals surface area contributed by atoms with E-state index in [4.69, 9.17) is 5.73 Å². The Morgan fingerprint density at radius 2 is 2.06 bits per heavy atom. The van der Waals surface area contributed by atoms with Gasteiger partial charge in [-0.2, -0.15) is 0 Å². The number of nitrogen functional groups attached to an aromatic ring is 1. The van der Waals surface area contributed by atoms with Crippen LogP contribution < -0.4 is 10.6 Å². The first-order chi connectivity index (χ1) is 8.11. The Labute approximate surface area is 102 Å². The van der Waals surface area contributed by atoms with E-state index < -0.39 is 0 Å². The minimum atomic E-state index is 0.786. The Morgan fingerprint density at radius 1 is 1.29 bits per heavy atom. The molecule has 0 saturated heterocycles. The van der Waals surface area contributed by atoms with Crippen molar-refractivity contribution in [1.29, 1.82) is 0 Å². The smallest absolute Gasteiger partial charge is 0.0727 e. The molecule has 1 aromatic heterocycles. The van der Waals surface area contributed by atoms with E-state index >= 15 is 0 Å². The summed E-state index contributed by atoms with van der Waals surface area (Å²) in [6.07, 6.45) is 1.13. The van der Waals surface area contributed by atoms with E-state index in [-0.39, 0.29) is 0 Å². The quantitative estimate of drug-likeness (QED) is 0.823. The monoisotopic (exact) mass is 229 g/mol. The van der Waals surface area contributed by atoms with Crippen molar-refractivity contribution >= 4 is 22.3 Å². The van der Waals surface area contributed by atoms with Crippen LogP contribution in [0, 0.1) is 6.92 Å². The number of benzene rings is 1. The summed E-state index contributed by atoms with van der Waals surface area (Å²) in [5, 5.41) is 1.13. The van der Waals surface area contributed by atoms with Crippen molar-refractivity contribution in [2.24, 2.45) is 0 Å². The first-order valence-electron chi connectivity index (χ1n) is 6.00. The average Bonchev–Trinajstić information content (AvgIpc) is 2.29. The lowest BCUT2D eigenvalue weighted by atomic mass is 10.1. The van der Waals surface area contributed by atoms with Gasteiger partial charge in [0.15, 0.2) is 0 Å². The molecule has 90 valence electrons. The lowest BCUT2D eigenvalue weighted by Crippen LogP contribution is -2.18. The lowest BCUT2D eigenvalue weighted by Gasteiger charge is -2.21. The molecule has 3 heteroatoms. The molecular formula is C14H19N3. The highest BCUT2D eigenvalue weighted by Gasteiger charge is 2.08. The van der Waals surface area contributed by atoms with Gasteiger partial charge in [-0.3, -0.25) is 4.98 Å². The minimum Gasteiger partial charge on any atom is -0.399 e. The number of aryl methyl sites for hydroxylation is 1. The predicted octanol–water partition coefficient (Wildman–Crippen LogP) is 2.97. The first kappa shape index (κ1) is 11.7. The third-order valence-corrected chi connectivity index (χ3v) is 2.91. The molecule has 0 saturated carbocycles. The van der Waals surface area contributed by atoms with Crippen LogP contribution in [0.3, 0.4) is 0 Å². The number of nitrogens with two attached hydrogens (primary N) is 1. The fourth-order valence-corrected chi connectivity index (χ4v) is 2.13. The van der Waals surface area contributed by atoms with Crippen LogP contribution >= 0.6 is 0 Å². The van der Waals surface area contributed by atoms with E-state index in [1.54, 1.807) is 0 Å².